The zero-order valence-corrected chi connectivity index (χ0v) is 17.9. The van der Waals surface area contributed by atoms with Crippen molar-refractivity contribution in [1.29, 1.82) is 0 Å². The molecule has 0 aromatic heterocycles. The molecule has 0 saturated heterocycles. The SMILES string of the molecule is O=S(=O)(O)CCCOc1ccc(Sc2ccc(OCCCS(=O)(=O)O)cc2)cc1.[NaH].[NaH]. The number of ether oxygens (including phenoxy) is 2. The van der Waals surface area contributed by atoms with Crippen molar-refractivity contribution in [2.24, 2.45) is 0 Å². The van der Waals surface area contributed by atoms with E-state index in [1.54, 1.807) is 24.3 Å². The van der Waals surface area contributed by atoms with Gasteiger partial charge in [0.2, 0.25) is 0 Å². The summed E-state index contributed by atoms with van der Waals surface area (Å²) in [6, 6.07) is 14.6. The predicted molar refractivity (Wildman–Crippen MR) is 124 cm³/mol. The molecule has 0 spiro atoms. The quantitative estimate of drug-likeness (QED) is 0.250. The Kier molecular flexibility index (Phi) is 15.3. The summed E-state index contributed by atoms with van der Waals surface area (Å²) in [6.45, 7) is 0.385. The van der Waals surface area contributed by atoms with E-state index in [2.05, 4.69) is 0 Å². The van der Waals surface area contributed by atoms with Gasteiger partial charge < -0.3 is 9.47 Å². The second-order valence-corrected chi connectivity index (χ2v) is 10.3. The molecule has 0 aliphatic rings. The molecule has 31 heavy (non-hydrogen) atoms. The van der Waals surface area contributed by atoms with Gasteiger partial charge in [0.05, 0.1) is 24.7 Å². The number of benzene rings is 2. The summed E-state index contributed by atoms with van der Waals surface area (Å²) < 4.78 is 70.8. The Labute approximate surface area is 231 Å². The third-order valence-electron chi connectivity index (χ3n) is 3.51. The summed E-state index contributed by atoms with van der Waals surface area (Å²) in [5.74, 6) is 0.555. The minimum atomic E-state index is -3.96. The van der Waals surface area contributed by atoms with Crippen molar-refractivity contribution in [3.8, 4) is 11.5 Å². The van der Waals surface area contributed by atoms with Crippen LogP contribution in [-0.4, -0.2) is 110 Å². The Balaban J connectivity index is 0.00000450. The van der Waals surface area contributed by atoms with Gasteiger partial charge in [0, 0.05) is 9.79 Å². The van der Waals surface area contributed by atoms with Crippen LogP contribution in [0.4, 0.5) is 0 Å². The summed E-state index contributed by atoms with van der Waals surface area (Å²) in [4.78, 5) is 1.97. The third kappa shape index (κ3) is 14.9. The van der Waals surface area contributed by atoms with Crippen molar-refractivity contribution in [1.82, 2.24) is 0 Å². The van der Waals surface area contributed by atoms with Crippen LogP contribution in [-0.2, 0) is 20.2 Å². The molecule has 0 amide bonds. The van der Waals surface area contributed by atoms with Gasteiger partial charge in [-0.1, -0.05) is 11.8 Å². The standard InChI is InChI=1S/C18H22O8S3.2Na.2H/c19-28(20,21)13-1-11-25-15-3-7-17(8-4-15)27-18-9-5-16(6-10-18)26-12-2-14-29(22,23)24;;;;/h3-10H,1-2,11-14H2,(H,19,20,21)(H,22,23,24);;;;. The van der Waals surface area contributed by atoms with Gasteiger partial charge in [-0.15, -0.1) is 0 Å². The first-order valence-electron chi connectivity index (χ1n) is 8.65. The molecule has 164 valence electrons. The monoisotopic (exact) mass is 510 g/mol. The number of hydrogen-bond acceptors (Lipinski definition) is 7. The molecule has 2 N–H and O–H groups in total. The third-order valence-corrected chi connectivity index (χ3v) is 6.14. The maximum absolute atomic E-state index is 10.6. The van der Waals surface area contributed by atoms with Crippen molar-refractivity contribution in [2.75, 3.05) is 24.7 Å². The van der Waals surface area contributed by atoms with E-state index in [1.165, 1.54) is 11.8 Å². The Morgan fingerprint density at radius 1 is 0.645 bits per heavy atom. The van der Waals surface area contributed by atoms with Gasteiger partial charge in [0.15, 0.2) is 0 Å². The molecule has 0 bridgehead atoms. The summed E-state index contributed by atoms with van der Waals surface area (Å²) in [5, 5.41) is 0. The molecule has 0 heterocycles. The average molecular weight is 511 g/mol. The first-order valence-corrected chi connectivity index (χ1v) is 12.7. The second-order valence-electron chi connectivity index (χ2n) is 6.02. The van der Waals surface area contributed by atoms with Crippen molar-refractivity contribution in [2.45, 2.75) is 22.6 Å². The van der Waals surface area contributed by atoms with E-state index in [0.717, 1.165) is 9.79 Å². The van der Waals surface area contributed by atoms with E-state index < -0.39 is 20.2 Å². The van der Waals surface area contributed by atoms with Crippen LogP contribution in [0.25, 0.3) is 0 Å². The Morgan fingerprint density at radius 3 is 1.26 bits per heavy atom. The van der Waals surface area contributed by atoms with E-state index in [0.29, 0.717) is 11.5 Å². The van der Waals surface area contributed by atoms with Crippen molar-refractivity contribution >= 4 is 91.1 Å². The van der Waals surface area contributed by atoms with E-state index in [1.807, 2.05) is 24.3 Å². The van der Waals surface area contributed by atoms with Crippen LogP contribution in [0.5, 0.6) is 11.5 Å². The summed E-state index contributed by atoms with van der Waals surface area (Å²) in [7, 11) is -7.92. The minimum absolute atomic E-state index is 0. The molecule has 0 fully saturated rings. The number of hydrogen-bond donors (Lipinski definition) is 2. The van der Waals surface area contributed by atoms with Crippen LogP contribution in [0.3, 0.4) is 0 Å². The summed E-state index contributed by atoms with van der Waals surface area (Å²) in [6.07, 6.45) is 0.416. The normalized spacial score (nSPS) is 11.2. The first kappa shape index (κ1) is 31.2. The Hall–Kier alpha value is 0.210. The second kappa shape index (κ2) is 15.2. The molecule has 2 rings (SSSR count). The van der Waals surface area contributed by atoms with Gasteiger partial charge in [-0.3, -0.25) is 9.11 Å². The van der Waals surface area contributed by atoms with Gasteiger partial charge in [0.25, 0.3) is 20.2 Å². The molecular weight excluding hydrogens is 486 g/mol. The van der Waals surface area contributed by atoms with Gasteiger partial charge in [0.1, 0.15) is 11.5 Å². The van der Waals surface area contributed by atoms with E-state index in [-0.39, 0.29) is 96.7 Å². The molecule has 0 atom stereocenters. The fourth-order valence-electron chi connectivity index (χ4n) is 2.21. The van der Waals surface area contributed by atoms with Gasteiger partial charge in [-0.25, -0.2) is 0 Å². The summed E-state index contributed by atoms with van der Waals surface area (Å²) >= 11 is 1.53. The van der Waals surface area contributed by atoms with Crippen LogP contribution in [0.2, 0.25) is 0 Å². The van der Waals surface area contributed by atoms with Crippen LogP contribution >= 0.6 is 11.8 Å². The fourth-order valence-corrected chi connectivity index (χ4v) is 3.99. The molecule has 0 unspecified atom stereocenters. The van der Waals surface area contributed by atoms with Crippen LogP contribution in [0.15, 0.2) is 58.3 Å². The zero-order chi connectivity index (χ0) is 21.3. The number of rotatable bonds is 12. The Bertz CT molecular complexity index is 898. The van der Waals surface area contributed by atoms with Crippen molar-refractivity contribution in [3.63, 3.8) is 0 Å². The molecular formula is C18H24Na2O8S3. The van der Waals surface area contributed by atoms with Gasteiger partial charge in [-0.05, 0) is 61.4 Å². The van der Waals surface area contributed by atoms with Crippen molar-refractivity contribution in [3.05, 3.63) is 48.5 Å². The Morgan fingerprint density at radius 2 is 0.968 bits per heavy atom. The summed E-state index contributed by atoms with van der Waals surface area (Å²) in [5.41, 5.74) is 0. The van der Waals surface area contributed by atoms with Gasteiger partial charge >= 0.3 is 59.1 Å². The van der Waals surface area contributed by atoms with E-state index >= 15 is 0 Å². The molecule has 13 heteroatoms. The zero-order valence-electron chi connectivity index (χ0n) is 15.4. The molecule has 8 nitrogen and oxygen atoms in total. The molecule has 0 aliphatic carbocycles. The fraction of sp³-hybridized carbons (Fsp3) is 0.333. The first-order chi connectivity index (χ1) is 13.6. The molecule has 2 aromatic rings. The van der Waals surface area contributed by atoms with E-state index in [9.17, 15) is 16.8 Å². The van der Waals surface area contributed by atoms with Crippen LogP contribution in [0.1, 0.15) is 12.8 Å². The molecule has 2 aromatic carbocycles. The van der Waals surface area contributed by atoms with Crippen LogP contribution in [0, 0.1) is 0 Å². The van der Waals surface area contributed by atoms with Crippen LogP contribution < -0.4 is 9.47 Å². The molecule has 0 radical (unpaired) electrons. The average Bonchev–Trinajstić information content (AvgIpc) is 2.63. The molecule has 0 aliphatic heterocycles. The van der Waals surface area contributed by atoms with E-state index in [4.69, 9.17) is 18.6 Å². The predicted octanol–water partition coefficient (Wildman–Crippen LogP) is 1.85. The maximum atomic E-state index is 10.6. The van der Waals surface area contributed by atoms with Gasteiger partial charge in [-0.2, -0.15) is 16.8 Å². The van der Waals surface area contributed by atoms with Crippen molar-refractivity contribution < 1.29 is 35.4 Å². The molecule has 0 saturated carbocycles. The topological polar surface area (TPSA) is 127 Å².